The normalized spacial score (nSPS) is 17.4. The molecule has 0 aromatic heterocycles. The van der Waals surface area contributed by atoms with Gasteiger partial charge in [-0.15, -0.1) is 12.8 Å². The van der Waals surface area contributed by atoms with Gasteiger partial charge in [0.25, 0.3) is 0 Å². The van der Waals surface area contributed by atoms with Crippen molar-refractivity contribution in [3.63, 3.8) is 0 Å². The lowest BCUT2D eigenvalue weighted by molar-refractivity contribution is 0.280. The zero-order valence-corrected chi connectivity index (χ0v) is 17.5. The smallest absolute Gasteiger partial charge is 0.133 e. The third kappa shape index (κ3) is 13.9. The van der Waals surface area contributed by atoms with Crippen molar-refractivity contribution in [2.24, 2.45) is 0 Å². The van der Waals surface area contributed by atoms with E-state index in [2.05, 4.69) is 36.1 Å². The van der Waals surface area contributed by atoms with Gasteiger partial charge in [0.1, 0.15) is 12.2 Å². The largest absolute Gasteiger partial charge is 0.377 e. The number of terminal acetylenes is 2. The quantitative estimate of drug-likeness (QED) is 0.383. The van der Waals surface area contributed by atoms with E-state index in [1.165, 1.54) is 11.1 Å². The lowest BCUT2D eigenvalue weighted by atomic mass is 10.0. The van der Waals surface area contributed by atoms with Gasteiger partial charge in [-0.25, -0.2) is 0 Å². The highest BCUT2D eigenvalue weighted by Gasteiger charge is 1.97. The van der Waals surface area contributed by atoms with E-state index < -0.39 is 12.2 Å². The van der Waals surface area contributed by atoms with Crippen LogP contribution in [0.1, 0.15) is 6.42 Å². The summed E-state index contributed by atoms with van der Waals surface area (Å²) in [6.45, 7) is 0. The first-order valence-electron chi connectivity index (χ1n) is 9.87. The van der Waals surface area contributed by atoms with Gasteiger partial charge in [0, 0.05) is 0 Å². The second kappa shape index (κ2) is 17.1. The van der Waals surface area contributed by atoms with Gasteiger partial charge in [-0.1, -0.05) is 121 Å². The fraction of sp³-hybridized carbons (Fsp3) is 0.103. The molecule has 0 radical (unpaired) electrons. The zero-order chi connectivity index (χ0) is 22.6. The van der Waals surface area contributed by atoms with Crippen molar-refractivity contribution in [1.29, 1.82) is 0 Å². The first-order valence-corrected chi connectivity index (χ1v) is 9.87. The molecule has 0 bridgehead atoms. The van der Waals surface area contributed by atoms with E-state index in [-0.39, 0.29) is 0 Å². The van der Waals surface area contributed by atoms with Crippen molar-refractivity contribution in [2.45, 2.75) is 18.6 Å². The summed E-state index contributed by atoms with van der Waals surface area (Å²) in [5.74, 6) is 4.43. The molecule has 1 rings (SSSR count). The van der Waals surface area contributed by atoms with E-state index in [9.17, 15) is 10.2 Å². The fourth-order valence-electron chi connectivity index (χ4n) is 2.26. The molecule has 2 atom stereocenters. The second-order valence-corrected chi connectivity index (χ2v) is 6.30. The molecule has 0 fully saturated rings. The number of rotatable bonds is 10. The van der Waals surface area contributed by atoms with E-state index in [1.54, 1.807) is 24.3 Å². The minimum atomic E-state index is -0.844. The van der Waals surface area contributed by atoms with Gasteiger partial charge in [-0.05, 0) is 29.7 Å². The number of aliphatic hydroxyl groups is 2. The molecule has 2 nitrogen and oxygen atoms in total. The topological polar surface area (TPSA) is 40.5 Å². The number of aliphatic hydroxyl groups excluding tert-OH is 2. The van der Waals surface area contributed by atoms with Crippen LogP contribution >= 0.6 is 0 Å². The molecule has 2 N–H and O–H groups in total. The van der Waals surface area contributed by atoms with Crippen LogP contribution in [0.25, 0.3) is 0 Å². The van der Waals surface area contributed by atoms with Gasteiger partial charge in [-0.2, -0.15) is 0 Å². The maximum Gasteiger partial charge on any atom is 0.133 e. The Morgan fingerprint density at radius 3 is 1.35 bits per heavy atom. The Morgan fingerprint density at radius 1 is 0.613 bits per heavy atom. The second-order valence-electron chi connectivity index (χ2n) is 6.30. The summed E-state index contributed by atoms with van der Waals surface area (Å²) >= 11 is 0. The molecule has 0 aromatic rings. The maximum absolute atomic E-state index is 9.19. The lowest BCUT2D eigenvalue weighted by Crippen LogP contribution is -1.94. The summed E-state index contributed by atoms with van der Waals surface area (Å²) in [6.07, 6.45) is 47.3. The Hall–Kier alpha value is -3.82. The Bertz CT molecular complexity index is 877. The van der Waals surface area contributed by atoms with Gasteiger partial charge < -0.3 is 10.2 Å². The molecular formula is C29H28O2. The van der Waals surface area contributed by atoms with E-state index in [4.69, 9.17) is 12.8 Å². The average Bonchev–Trinajstić information content (AvgIpc) is 3.01. The average molecular weight is 409 g/mol. The molecule has 1 aliphatic rings. The van der Waals surface area contributed by atoms with Crippen molar-refractivity contribution in [1.82, 2.24) is 0 Å². The third-order valence-electron chi connectivity index (χ3n) is 3.80. The van der Waals surface area contributed by atoms with E-state index in [1.807, 2.05) is 72.9 Å². The predicted octanol–water partition coefficient (Wildman–Crippen LogP) is 5.24. The Labute approximate surface area is 186 Å². The molecule has 156 valence electrons. The van der Waals surface area contributed by atoms with Crippen molar-refractivity contribution in [2.75, 3.05) is 0 Å². The molecule has 0 saturated carbocycles. The Morgan fingerprint density at radius 2 is 0.968 bits per heavy atom. The highest BCUT2D eigenvalue weighted by Crippen LogP contribution is 2.17. The summed E-state index contributed by atoms with van der Waals surface area (Å²) in [6, 6.07) is 0. The van der Waals surface area contributed by atoms with Crippen LogP contribution in [0.4, 0.5) is 0 Å². The van der Waals surface area contributed by atoms with Crippen LogP contribution in [-0.2, 0) is 0 Å². The number of allylic oxidation sites excluding steroid dienone is 20. The third-order valence-corrected chi connectivity index (χ3v) is 3.80. The Kier molecular flexibility index (Phi) is 13.9. The van der Waals surface area contributed by atoms with Crippen LogP contribution in [0, 0.1) is 24.7 Å². The SMILES string of the molecule is C#CC(O)/C=C/C=C/C=C/C=C/C1=CC=CC=C(/C=C/C=C/C=C/C=C/C(O)C#C)C1. The van der Waals surface area contributed by atoms with Crippen molar-refractivity contribution < 1.29 is 10.2 Å². The van der Waals surface area contributed by atoms with Crippen molar-refractivity contribution in [3.8, 4) is 24.7 Å². The number of hydrogen-bond donors (Lipinski definition) is 2. The van der Waals surface area contributed by atoms with E-state index in [0.29, 0.717) is 0 Å². The predicted molar refractivity (Wildman–Crippen MR) is 133 cm³/mol. The monoisotopic (exact) mass is 408 g/mol. The molecule has 0 aliphatic heterocycles. The molecule has 0 saturated heterocycles. The summed E-state index contributed by atoms with van der Waals surface area (Å²) in [7, 11) is 0. The summed E-state index contributed by atoms with van der Waals surface area (Å²) < 4.78 is 0. The van der Waals surface area contributed by atoms with Crippen LogP contribution in [0.5, 0.6) is 0 Å². The minimum Gasteiger partial charge on any atom is -0.377 e. The maximum atomic E-state index is 9.19. The Balaban J connectivity index is 2.49. The number of hydrogen-bond acceptors (Lipinski definition) is 2. The van der Waals surface area contributed by atoms with Crippen LogP contribution < -0.4 is 0 Å². The molecule has 0 aromatic carbocycles. The first kappa shape index (κ1) is 25.2. The summed E-state index contributed by atoms with van der Waals surface area (Å²) in [4.78, 5) is 0. The standard InChI is InChI=1S/C29H28O2/c1-3-28(30)23-15-11-7-5-9-13-19-26-21-17-18-22-27(25-26)20-14-10-6-8-12-16-24-29(31)4-2/h1-2,5-24,28-31H,25H2/b9-5+,10-6+,11-7+,12-8+,19-13+,20-14+,23-15+,24-16+. The van der Waals surface area contributed by atoms with Gasteiger partial charge in [0.15, 0.2) is 0 Å². The van der Waals surface area contributed by atoms with Crippen LogP contribution in [0.2, 0.25) is 0 Å². The molecule has 2 heteroatoms. The minimum absolute atomic E-state index is 0.840. The van der Waals surface area contributed by atoms with Gasteiger partial charge in [0.2, 0.25) is 0 Å². The summed E-state index contributed by atoms with van der Waals surface area (Å²) in [5.41, 5.74) is 2.41. The zero-order valence-electron chi connectivity index (χ0n) is 17.5. The van der Waals surface area contributed by atoms with E-state index >= 15 is 0 Å². The molecule has 31 heavy (non-hydrogen) atoms. The van der Waals surface area contributed by atoms with Crippen LogP contribution in [0.3, 0.4) is 0 Å². The van der Waals surface area contributed by atoms with E-state index in [0.717, 1.165) is 6.42 Å². The molecule has 0 heterocycles. The van der Waals surface area contributed by atoms with Gasteiger partial charge >= 0.3 is 0 Å². The van der Waals surface area contributed by atoms with Crippen LogP contribution in [-0.4, -0.2) is 22.4 Å². The molecule has 0 amide bonds. The first-order chi connectivity index (χ1) is 15.2. The molecule has 0 spiro atoms. The highest BCUT2D eigenvalue weighted by molar-refractivity contribution is 5.40. The molecule has 2 unspecified atom stereocenters. The lowest BCUT2D eigenvalue weighted by Gasteiger charge is -2.00. The van der Waals surface area contributed by atoms with Crippen molar-refractivity contribution in [3.05, 3.63) is 133 Å². The highest BCUT2D eigenvalue weighted by atomic mass is 16.3. The van der Waals surface area contributed by atoms with Crippen LogP contribution in [0.15, 0.2) is 133 Å². The van der Waals surface area contributed by atoms with Gasteiger partial charge in [0.05, 0.1) is 0 Å². The molecular weight excluding hydrogens is 380 g/mol. The van der Waals surface area contributed by atoms with Crippen molar-refractivity contribution >= 4 is 0 Å². The molecule has 1 aliphatic carbocycles. The fourth-order valence-corrected chi connectivity index (χ4v) is 2.26. The van der Waals surface area contributed by atoms with Gasteiger partial charge in [-0.3, -0.25) is 0 Å². The summed E-state index contributed by atoms with van der Waals surface area (Å²) in [5, 5.41) is 18.4.